The second-order valence-electron chi connectivity index (χ2n) is 7.82. The van der Waals surface area contributed by atoms with Crippen LogP contribution in [0.2, 0.25) is 0 Å². The Bertz CT molecular complexity index is 1100. The maximum atomic E-state index is 12.9. The number of carbonyl (C=O) groups is 2. The minimum Gasteiger partial charge on any atom is -0.465 e. The van der Waals surface area contributed by atoms with Crippen LogP contribution in [0.15, 0.2) is 48.5 Å². The maximum Gasteiger partial charge on any atom is 0.337 e. The number of hydrogen-bond acceptors (Lipinski definition) is 7. The number of rotatable bonds is 9. The lowest BCUT2D eigenvalue weighted by Gasteiger charge is -2.18. The zero-order valence-electron chi connectivity index (χ0n) is 19.0. The molecule has 8 nitrogen and oxygen atoms in total. The Balaban J connectivity index is 1.78. The molecular weight excluding hydrogens is 406 g/mol. The SMILES string of the molecule is COC(=O)c1cccc(C(=O)N(C)Cc2nc(NCCCN(C)C)c3ccccc3n2)c1. The second kappa shape index (κ2) is 10.7. The first-order valence-corrected chi connectivity index (χ1v) is 10.5. The first-order valence-electron chi connectivity index (χ1n) is 10.5. The van der Waals surface area contributed by atoms with E-state index < -0.39 is 5.97 Å². The summed E-state index contributed by atoms with van der Waals surface area (Å²) in [7, 11) is 7.10. The van der Waals surface area contributed by atoms with Gasteiger partial charge in [-0.3, -0.25) is 4.79 Å². The molecule has 32 heavy (non-hydrogen) atoms. The van der Waals surface area contributed by atoms with Crippen molar-refractivity contribution in [1.29, 1.82) is 0 Å². The molecule has 0 unspecified atom stereocenters. The molecule has 0 bridgehead atoms. The summed E-state index contributed by atoms with van der Waals surface area (Å²) in [6.07, 6.45) is 0.982. The van der Waals surface area contributed by atoms with Crippen molar-refractivity contribution in [2.75, 3.05) is 46.7 Å². The summed E-state index contributed by atoms with van der Waals surface area (Å²) < 4.78 is 4.74. The second-order valence-corrected chi connectivity index (χ2v) is 7.82. The van der Waals surface area contributed by atoms with E-state index in [0.717, 1.165) is 36.2 Å². The van der Waals surface area contributed by atoms with Gasteiger partial charge in [0.05, 0.1) is 24.7 Å². The standard InChI is InChI=1S/C24H29N5O3/c1-28(2)14-8-13-25-22-19-11-5-6-12-20(19)26-21(27-22)16-29(3)23(30)17-9-7-10-18(15-17)24(31)32-4/h5-7,9-12,15H,8,13-14,16H2,1-4H3,(H,25,26,27). The Hall–Kier alpha value is -3.52. The molecule has 0 aliphatic heterocycles. The number of nitrogens with one attached hydrogen (secondary N) is 1. The van der Waals surface area contributed by atoms with Crippen LogP contribution in [0.5, 0.6) is 0 Å². The number of benzene rings is 2. The Morgan fingerprint density at radius 1 is 1.00 bits per heavy atom. The number of esters is 1. The summed E-state index contributed by atoms with van der Waals surface area (Å²) in [5, 5.41) is 4.36. The summed E-state index contributed by atoms with van der Waals surface area (Å²) in [5.74, 6) is 0.592. The molecule has 1 N–H and O–H groups in total. The van der Waals surface area contributed by atoms with Crippen molar-refractivity contribution >= 4 is 28.6 Å². The van der Waals surface area contributed by atoms with Crippen LogP contribution in [0, 0.1) is 0 Å². The third kappa shape index (κ3) is 5.79. The number of fused-ring (bicyclic) bond motifs is 1. The molecule has 0 fully saturated rings. The summed E-state index contributed by atoms with van der Waals surface area (Å²) in [4.78, 5) is 37.7. The summed E-state index contributed by atoms with van der Waals surface area (Å²) in [5.41, 5.74) is 1.55. The molecule has 0 atom stereocenters. The number of aromatic nitrogens is 2. The van der Waals surface area contributed by atoms with Crippen molar-refractivity contribution in [3.63, 3.8) is 0 Å². The molecule has 3 rings (SSSR count). The number of para-hydroxylation sites is 1. The summed E-state index contributed by atoms with van der Waals surface area (Å²) in [6.45, 7) is 2.00. The topological polar surface area (TPSA) is 87.7 Å². The highest BCUT2D eigenvalue weighted by molar-refractivity contribution is 5.97. The predicted molar refractivity (Wildman–Crippen MR) is 125 cm³/mol. The fraction of sp³-hybridized carbons (Fsp3) is 0.333. The monoisotopic (exact) mass is 435 g/mol. The van der Waals surface area contributed by atoms with E-state index in [1.807, 2.05) is 38.4 Å². The zero-order valence-corrected chi connectivity index (χ0v) is 19.0. The molecule has 0 saturated carbocycles. The number of carbonyl (C=O) groups excluding carboxylic acids is 2. The zero-order chi connectivity index (χ0) is 23.1. The Labute approximate surface area is 188 Å². The van der Waals surface area contributed by atoms with Gasteiger partial charge in [0.15, 0.2) is 5.82 Å². The number of ether oxygens (including phenoxy) is 1. The summed E-state index contributed by atoms with van der Waals surface area (Å²) in [6, 6.07) is 14.3. The fourth-order valence-electron chi connectivity index (χ4n) is 3.33. The van der Waals surface area contributed by atoms with E-state index in [1.54, 1.807) is 25.2 Å². The molecule has 1 heterocycles. The van der Waals surface area contributed by atoms with Crippen molar-refractivity contribution in [3.8, 4) is 0 Å². The van der Waals surface area contributed by atoms with Crippen molar-refractivity contribution in [3.05, 3.63) is 65.5 Å². The Morgan fingerprint density at radius 3 is 2.50 bits per heavy atom. The molecule has 3 aromatic rings. The van der Waals surface area contributed by atoms with Gasteiger partial charge in [-0.25, -0.2) is 14.8 Å². The largest absolute Gasteiger partial charge is 0.465 e. The molecule has 2 aromatic carbocycles. The van der Waals surface area contributed by atoms with E-state index in [-0.39, 0.29) is 12.5 Å². The number of nitrogens with zero attached hydrogens (tertiary/aromatic N) is 4. The minimum absolute atomic E-state index is 0.229. The molecular formula is C24H29N5O3. The third-order valence-electron chi connectivity index (χ3n) is 4.98. The van der Waals surface area contributed by atoms with Gasteiger partial charge in [-0.1, -0.05) is 18.2 Å². The Morgan fingerprint density at radius 2 is 1.75 bits per heavy atom. The van der Waals surface area contributed by atoms with Crippen molar-refractivity contribution < 1.29 is 14.3 Å². The summed E-state index contributed by atoms with van der Waals surface area (Å²) >= 11 is 0. The van der Waals surface area contributed by atoms with E-state index in [0.29, 0.717) is 17.0 Å². The quantitative estimate of drug-likeness (QED) is 0.408. The van der Waals surface area contributed by atoms with Crippen LogP contribution < -0.4 is 5.32 Å². The molecule has 0 spiro atoms. The third-order valence-corrected chi connectivity index (χ3v) is 4.98. The van der Waals surface area contributed by atoms with Gasteiger partial charge in [-0.15, -0.1) is 0 Å². The lowest BCUT2D eigenvalue weighted by molar-refractivity contribution is 0.0600. The van der Waals surface area contributed by atoms with Crippen LogP contribution in [0.1, 0.15) is 33.0 Å². The lowest BCUT2D eigenvalue weighted by atomic mass is 10.1. The highest BCUT2D eigenvalue weighted by Crippen LogP contribution is 2.21. The van der Waals surface area contributed by atoms with E-state index in [4.69, 9.17) is 4.74 Å². The smallest absolute Gasteiger partial charge is 0.337 e. The van der Waals surface area contributed by atoms with Crippen molar-refractivity contribution in [1.82, 2.24) is 19.8 Å². The first kappa shape index (κ1) is 23.1. The average Bonchev–Trinajstić information content (AvgIpc) is 2.80. The molecule has 0 radical (unpaired) electrons. The van der Waals surface area contributed by atoms with Crippen LogP contribution in [0.4, 0.5) is 5.82 Å². The number of anilines is 1. The molecule has 0 aliphatic rings. The van der Waals surface area contributed by atoms with Gasteiger partial charge < -0.3 is 19.9 Å². The molecule has 0 aliphatic carbocycles. The number of methoxy groups -OCH3 is 1. The first-order chi connectivity index (χ1) is 15.4. The van der Waals surface area contributed by atoms with Gasteiger partial charge in [0.25, 0.3) is 5.91 Å². The molecule has 1 aromatic heterocycles. The predicted octanol–water partition coefficient (Wildman–Crippen LogP) is 3.05. The van der Waals surface area contributed by atoms with Crippen LogP contribution in [0.3, 0.4) is 0 Å². The van der Waals surface area contributed by atoms with Gasteiger partial charge in [0, 0.05) is 24.5 Å². The molecule has 8 heteroatoms. The highest BCUT2D eigenvalue weighted by atomic mass is 16.5. The van der Waals surface area contributed by atoms with Crippen LogP contribution in [-0.2, 0) is 11.3 Å². The van der Waals surface area contributed by atoms with E-state index in [2.05, 4.69) is 20.2 Å². The van der Waals surface area contributed by atoms with Crippen molar-refractivity contribution in [2.45, 2.75) is 13.0 Å². The average molecular weight is 436 g/mol. The van der Waals surface area contributed by atoms with Crippen LogP contribution in [0.25, 0.3) is 10.9 Å². The molecule has 168 valence electrons. The lowest BCUT2D eigenvalue weighted by Crippen LogP contribution is -2.27. The fourth-order valence-corrected chi connectivity index (χ4v) is 3.33. The maximum absolute atomic E-state index is 12.9. The van der Waals surface area contributed by atoms with Gasteiger partial charge in [0.1, 0.15) is 5.82 Å². The van der Waals surface area contributed by atoms with Gasteiger partial charge in [-0.05, 0) is 57.4 Å². The van der Waals surface area contributed by atoms with Gasteiger partial charge in [0.2, 0.25) is 0 Å². The minimum atomic E-state index is -0.481. The number of amides is 1. The molecule has 0 saturated heterocycles. The normalized spacial score (nSPS) is 10.9. The van der Waals surface area contributed by atoms with Crippen LogP contribution in [-0.4, -0.2) is 73.0 Å². The van der Waals surface area contributed by atoms with E-state index >= 15 is 0 Å². The van der Waals surface area contributed by atoms with Crippen LogP contribution >= 0.6 is 0 Å². The number of hydrogen-bond donors (Lipinski definition) is 1. The van der Waals surface area contributed by atoms with Crippen molar-refractivity contribution in [2.24, 2.45) is 0 Å². The van der Waals surface area contributed by atoms with Gasteiger partial charge >= 0.3 is 5.97 Å². The molecule has 1 amide bonds. The van der Waals surface area contributed by atoms with E-state index in [1.165, 1.54) is 18.1 Å². The Kier molecular flexibility index (Phi) is 7.72. The van der Waals surface area contributed by atoms with Gasteiger partial charge in [-0.2, -0.15) is 0 Å². The highest BCUT2D eigenvalue weighted by Gasteiger charge is 2.17. The van der Waals surface area contributed by atoms with E-state index in [9.17, 15) is 9.59 Å².